The number of fused-ring (bicyclic) bond motifs is 2. The van der Waals surface area contributed by atoms with Crippen molar-refractivity contribution in [3.05, 3.63) is 39.8 Å². The first-order valence-corrected chi connectivity index (χ1v) is 12.0. The molecule has 8 heteroatoms. The molecule has 1 aromatic heterocycles. The third-order valence-electron chi connectivity index (χ3n) is 8.62. The number of aliphatic hydroxyl groups excluding tert-OH is 1. The van der Waals surface area contributed by atoms with Crippen molar-refractivity contribution in [1.29, 1.82) is 0 Å². The first-order valence-electron chi connectivity index (χ1n) is 12.0. The van der Waals surface area contributed by atoms with Crippen molar-refractivity contribution in [2.75, 3.05) is 7.11 Å². The Morgan fingerprint density at radius 1 is 1.24 bits per heavy atom. The van der Waals surface area contributed by atoms with Gasteiger partial charge in [0.25, 0.3) is 5.56 Å². The minimum absolute atomic E-state index is 0.0842. The molecule has 1 aliphatic heterocycles. The van der Waals surface area contributed by atoms with E-state index in [1.807, 2.05) is 13.0 Å². The van der Waals surface area contributed by atoms with Crippen molar-refractivity contribution < 1.29 is 29.7 Å². The van der Waals surface area contributed by atoms with E-state index < -0.39 is 46.9 Å². The van der Waals surface area contributed by atoms with Gasteiger partial charge >= 0.3 is 0 Å². The second kappa shape index (κ2) is 7.96. The number of Topliss-reactive ketones (excluding diaryl/α,β-unsaturated/α-hetero) is 1. The van der Waals surface area contributed by atoms with E-state index in [1.165, 1.54) is 7.11 Å². The van der Waals surface area contributed by atoms with Crippen LogP contribution in [-0.2, 0) is 15.1 Å². The number of epoxide rings is 1. The molecule has 3 N–H and O–H groups in total. The van der Waals surface area contributed by atoms with Gasteiger partial charge in [0.15, 0.2) is 5.78 Å². The first kappa shape index (κ1) is 22.6. The predicted octanol–water partition coefficient (Wildman–Crippen LogP) is 2.61. The maximum absolute atomic E-state index is 13.9. The molecule has 3 fully saturated rings. The highest BCUT2D eigenvalue weighted by Gasteiger charge is 2.63. The second-order valence-electron chi connectivity index (χ2n) is 10.5. The molecule has 3 aliphatic carbocycles. The quantitative estimate of drug-likeness (QED) is 0.274. The van der Waals surface area contributed by atoms with Gasteiger partial charge in [-0.15, -0.1) is 0 Å². The van der Waals surface area contributed by atoms with E-state index >= 15 is 0 Å². The maximum atomic E-state index is 13.9. The second-order valence-corrected chi connectivity index (χ2v) is 10.5. The van der Waals surface area contributed by atoms with Crippen LogP contribution in [0.5, 0.6) is 5.75 Å². The van der Waals surface area contributed by atoms with Gasteiger partial charge in [-0.3, -0.25) is 9.59 Å². The summed E-state index contributed by atoms with van der Waals surface area (Å²) in [4.78, 5) is 26.8. The van der Waals surface area contributed by atoms with Gasteiger partial charge in [0, 0.05) is 18.6 Å². The van der Waals surface area contributed by atoms with Crippen LogP contribution in [0.3, 0.4) is 0 Å². The van der Waals surface area contributed by atoms with Crippen molar-refractivity contribution in [1.82, 2.24) is 4.73 Å². The summed E-state index contributed by atoms with van der Waals surface area (Å²) in [6.07, 6.45) is 7.36. The molecule has 5 rings (SSSR count). The number of allylic oxidation sites excluding steroid dienone is 2. The number of hydrogen-bond acceptors (Lipinski definition) is 7. The Balaban J connectivity index is 1.58. The molecule has 8 nitrogen and oxygen atoms in total. The van der Waals surface area contributed by atoms with Crippen LogP contribution in [0.1, 0.15) is 61.9 Å². The molecule has 0 bridgehead atoms. The molecule has 0 aromatic carbocycles. The molecule has 1 aromatic rings. The maximum Gasteiger partial charge on any atom is 0.297 e. The zero-order chi connectivity index (χ0) is 23.7. The highest BCUT2D eigenvalue weighted by Crippen LogP contribution is 2.53. The first-order chi connectivity index (χ1) is 15.7. The minimum atomic E-state index is -1.16. The molecule has 180 valence electrons. The lowest BCUT2D eigenvalue weighted by atomic mass is 9.61. The average molecular weight is 460 g/mol. The van der Waals surface area contributed by atoms with Gasteiger partial charge in [-0.2, -0.15) is 4.73 Å². The SMILES string of the molecule is COC1(c2cn(O)c(=O)c(C(=O)C3C(C)C=CC4CC(C)CCC43)c2O)CCC(O)C2OC21. The summed E-state index contributed by atoms with van der Waals surface area (Å²) in [5, 5.41) is 31.9. The smallest absolute Gasteiger partial charge is 0.297 e. The number of aromatic hydroxyl groups is 1. The van der Waals surface area contributed by atoms with Crippen LogP contribution in [0.15, 0.2) is 23.1 Å². The Labute approximate surface area is 192 Å². The van der Waals surface area contributed by atoms with Crippen LogP contribution >= 0.6 is 0 Å². The lowest BCUT2D eigenvalue weighted by Gasteiger charge is -2.42. The average Bonchev–Trinajstić information content (AvgIpc) is 3.60. The summed E-state index contributed by atoms with van der Waals surface area (Å²) < 4.78 is 11.8. The molecule has 0 amide bonds. The summed E-state index contributed by atoms with van der Waals surface area (Å²) in [5.41, 5.74) is -2.34. The Kier molecular flexibility index (Phi) is 5.46. The number of pyridine rings is 1. The van der Waals surface area contributed by atoms with Crippen LogP contribution in [-0.4, -0.2) is 51.4 Å². The predicted molar refractivity (Wildman–Crippen MR) is 118 cm³/mol. The van der Waals surface area contributed by atoms with Crippen LogP contribution < -0.4 is 5.56 Å². The highest BCUT2D eigenvalue weighted by atomic mass is 16.6. The summed E-state index contributed by atoms with van der Waals surface area (Å²) in [6.45, 7) is 4.19. The number of rotatable bonds is 4. The van der Waals surface area contributed by atoms with Gasteiger partial charge < -0.3 is 24.9 Å². The number of carbonyl (C=O) groups excluding carboxylic acids is 1. The van der Waals surface area contributed by atoms with Crippen molar-refractivity contribution in [3.63, 3.8) is 0 Å². The number of nitrogens with zero attached hydrogens (tertiary/aromatic N) is 1. The summed E-state index contributed by atoms with van der Waals surface area (Å²) >= 11 is 0. The lowest BCUT2D eigenvalue weighted by molar-refractivity contribution is -0.0617. The molecule has 9 atom stereocenters. The molecule has 33 heavy (non-hydrogen) atoms. The van der Waals surface area contributed by atoms with Crippen molar-refractivity contribution >= 4 is 5.78 Å². The van der Waals surface area contributed by atoms with E-state index in [9.17, 15) is 25.0 Å². The van der Waals surface area contributed by atoms with E-state index in [-0.39, 0.29) is 28.9 Å². The summed E-state index contributed by atoms with van der Waals surface area (Å²) in [7, 11) is 1.46. The van der Waals surface area contributed by atoms with E-state index in [0.29, 0.717) is 23.5 Å². The standard InChI is InChI=1S/C25H33NO7/c1-12-4-7-15-14(10-12)6-5-13(2)18(15)21(29)19-20(28)16(11-26(31)24(19)30)25(32-3)9-8-17(27)22-23(25)33-22/h5-6,11-15,17-18,22-23,27-28,31H,4,7-10H2,1-3H3. The van der Waals surface area contributed by atoms with Gasteiger partial charge in [0.05, 0.1) is 12.3 Å². The Morgan fingerprint density at radius 3 is 2.73 bits per heavy atom. The van der Waals surface area contributed by atoms with Crippen LogP contribution in [0.4, 0.5) is 0 Å². The zero-order valence-corrected chi connectivity index (χ0v) is 19.3. The summed E-state index contributed by atoms with van der Waals surface area (Å²) in [6, 6.07) is 0. The molecule has 0 spiro atoms. The molecule has 2 saturated carbocycles. The fraction of sp³-hybridized carbons (Fsp3) is 0.680. The van der Waals surface area contributed by atoms with E-state index in [1.54, 1.807) is 0 Å². The van der Waals surface area contributed by atoms with Gasteiger partial charge in [-0.25, -0.2) is 0 Å². The number of carbonyl (C=O) groups is 1. The fourth-order valence-corrected chi connectivity index (χ4v) is 6.74. The summed E-state index contributed by atoms with van der Waals surface area (Å²) in [5.74, 6) is -0.464. The lowest BCUT2D eigenvalue weighted by Crippen LogP contribution is -2.45. The Morgan fingerprint density at radius 2 is 2.00 bits per heavy atom. The number of aliphatic hydroxyl groups is 1. The highest BCUT2D eigenvalue weighted by molar-refractivity contribution is 6.01. The van der Waals surface area contributed by atoms with Crippen molar-refractivity contribution in [2.45, 2.75) is 69.9 Å². The van der Waals surface area contributed by atoms with E-state index in [2.05, 4.69) is 13.0 Å². The molecule has 9 unspecified atom stereocenters. The number of aromatic nitrogens is 1. The van der Waals surface area contributed by atoms with Crippen LogP contribution in [0, 0.1) is 29.6 Å². The molecule has 4 aliphatic rings. The normalized spacial score (nSPS) is 41.8. The van der Waals surface area contributed by atoms with Gasteiger partial charge in [-0.1, -0.05) is 32.4 Å². The third-order valence-corrected chi connectivity index (χ3v) is 8.62. The molecule has 2 heterocycles. The van der Waals surface area contributed by atoms with Crippen molar-refractivity contribution in [2.24, 2.45) is 29.6 Å². The number of methoxy groups -OCH3 is 1. The number of ketones is 1. The largest absolute Gasteiger partial charge is 0.507 e. The monoisotopic (exact) mass is 459 g/mol. The molecular weight excluding hydrogens is 426 g/mol. The van der Waals surface area contributed by atoms with Gasteiger partial charge in [-0.05, 0) is 49.4 Å². The minimum Gasteiger partial charge on any atom is -0.507 e. The Hall–Kier alpha value is -2.16. The molecule has 1 saturated heterocycles. The van der Waals surface area contributed by atoms with Gasteiger partial charge in [0.2, 0.25) is 0 Å². The van der Waals surface area contributed by atoms with Gasteiger partial charge in [0.1, 0.15) is 29.1 Å². The van der Waals surface area contributed by atoms with Crippen LogP contribution in [0.25, 0.3) is 0 Å². The van der Waals surface area contributed by atoms with Crippen molar-refractivity contribution in [3.8, 4) is 5.75 Å². The Bertz CT molecular complexity index is 1050. The van der Waals surface area contributed by atoms with E-state index in [4.69, 9.17) is 9.47 Å². The third kappa shape index (κ3) is 3.37. The van der Waals surface area contributed by atoms with E-state index in [0.717, 1.165) is 25.5 Å². The molecule has 0 radical (unpaired) electrons. The fourth-order valence-electron chi connectivity index (χ4n) is 6.74. The zero-order valence-electron chi connectivity index (χ0n) is 19.3. The molecular formula is C25H33NO7. The topological polar surface area (TPSA) is 122 Å². The number of hydrogen-bond donors (Lipinski definition) is 3. The number of ether oxygens (including phenoxy) is 2. The van der Waals surface area contributed by atoms with Crippen LogP contribution in [0.2, 0.25) is 0 Å².